The molecule has 0 unspecified atom stereocenters. The molecule has 28 heavy (non-hydrogen) atoms. The number of methoxy groups -OCH3 is 1. The van der Waals surface area contributed by atoms with Crippen molar-refractivity contribution in [3.05, 3.63) is 65.5 Å². The first-order valence-electron chi connectivity index (χ1n) is 9.02. The third-order valence-electron chi connectivity index (χ3n) is 4.83. The van der Waals surface area contributed by atoms with E-state index in [1.165, 1.54) is 31.4 Å². The van der Waals surface area contributed by atoms with Crippen LogP contribution in [0.15, 0.2) is 48.5 Å². The maximum absolute atomic E-state index is 13.0. The smallest absolute Gasteiger partial charge is 0.339 e. The number of hydrogen-bond donors (Lipinski definition) is 1. The lowest BCUT2D eigenvalue weighted by atomic mass is 9.95. The number of ether oxygens (including phenoxy) is 1. The Bertz CT molecular complexity index is 874. The number of carbonyl (C=O) groups excluding carboxylic acids is 3. The molecule has 0 spiro atoms. The molecule has 0 radical (unpaired) electrons. The van der Waals surface area contributed by atoms with Crippen LogP contribution >= 0.6 is 0 Å². The molecule has 0 aromatic heterocycles. The van der Waals surface area contributed by atoms with Gasteiger partial charge in [-0.3, -0.25) is 9.59 Å². The molecule has 2 amide bonds. The highest BCUT2D eigenvalue weighted by atomic mass is 19.1. The lowest BCUT2D eigenvalue weighted by molar-refractivity contribution is -0.121. The molecule has 1 heterocycles. The van der Waals surface area contributed by atoms with Crippen LogP contribution in [0.2, 0.25) is 0 Å². The van der Waals surface area contributed by atoms with Crippen LogP contribution in [0.1, 0.15) is 33.6 Å². The van der Waals surface area contributed by atoms with Crippen molar-refractivity contribution in [2.75, 3.05) is 25.5 Å². The number of rotatable bonds is 4. The fourth-order valence-corrected chi connectivity index (χ4v) is 3.23. The molecule has 1 saturated heterocycles. The highest BCUT2D eigenvalue weighted by Crippen LogP contribution is 2.23. The van der Waals surface area contributed by atoms with Crippen LogP contribution in [0.3, 0.4) is 0 Å². The molecule has 0 aliphatic carbocycles. The van der Waals surface area contributed by atoms with Crippen molar-refractivity contribution in [1.29, 1.82) is 0 Å². The second-order valence-corrected chi connectivity index (χ2v) is 6.60. The Labute approximate surface area is 162 Å². The van der Waals surface area contributed by atoms with Gasteiger partial charge in [0.05, 0.1) is 18.4 Å². The van der Waals surface area contributed by atoms with Gasteiger partial charge in [0, 0.05) is 24.6 Å². The second-order valence-electron chi connectivity index (χ2n) is 6.60. The monoisotopic (exact) mass is 384 g/mol. The first-order chi connectivity index (χ1) is 13.5. The van der Waals surface area contributed by atoms with Gasteiger partial charge in [-0.15, -0.1) is 0 Å². The minimum Gasteiger partial charge on any atom is -0.465 e. The molecule has 0 saturated carbocycles. The fraction of sp³-hybridized carbons (Fsp3) is 0.286. The summed E-state index contributed by atoms with van der Waals surface area (Å²) < 4.78 is 17.8. The van der Waals surface area contributed by atoms with Gasteiger partial charge in [0.2, 0.25) is 5.91 Å². The van der Waals surface area contributed by atoms with E-state index in [-0.39, 0.29) is 23.5 Å². The lowest BCUT2D eigenvalue weighted by Crippen LogP contribution is -2.41. The number of para-hydroxylation sites is 1. The predicted molar refractivity (Wildman–Crippen MR) is 101 cm³/mol. The Morgan fingerprint density at radius 1 is 1.04 bits per heavy atom. The van der Waals surface area contributed by atoms with Crippen molar-refractivity contribution in [3.63, 3.8) is 0 Å². The minimum absolute atomic E-state index is 0.171. The van der Waals surface area contributed by atoms with E-state index in [9.17, 15) is 18.8 Å². The van der Waals surface area contributed by atoms with Crippen molar-refractivity contribution in [2.45, 2.75) is 12.8 Å². The van der Waals surface area contributed by atoms with Crippen LogP contribution in [-0.4, -0.2) is 42.9 Å². The fourth-order valence-electron chi connectivity index (χ4n) is 3.23. The molecule has 2 aromatic rings. The van der Waals surface area contributed by atoms with Gasteiger partial charge in [0.1, 0.15) is 5.82 Å². The standard InChI is InChI=1S/C21H21FN2O4/c1-28-21(27)17-4-2-3-5-18(17)23-19(25)14-10-12-24(13-11-14)20(26)15-6-8-16(22)9-7-15/h2-9,14H,10-13H2,1H3,(H,23,25). The van der Waals surface area contributed by atoms with E-state index in [2.05, 4.69) is 5.32 Å². The lowest BCUT2D eigenvalue weighted by Gasteiger charge is -2.31. The molecule has 7 heteroatoms. The van der Waals surface area contributed by atoms with E-state index < -0.39 is 5.97 Å². The van der Waals surface area contributed by atoms with E-state index >= 15 is 0 Å². The number of nitrogens with one attached hydrogen (secondary N) is 1. The van der Waals surface area contributed by atoms with Crippen LogP contribution in [0, 0.1) is 11.7 Å². The van der Waals surface area contributed by atoms with Gasteiger partial charge in [0.15, 0.2) is 0 Å². The number of benzene rings is 2. The molecule has 1 aliphatic heterocycles. The normalized spacial score (nSPS) is 14.4. The van der Waals surface area contributed by atoms with Gasteiger partial charge in [-0.1, -0.05) is 12.1 Å². The summed E-state index contributed by atoms with van der Waals surface area (Å²) in [6.45, 7) is 0.875. The topological polar surface area (TPSA) is 75.7 Å². The van der Waals surface area contributed by atoms with Gasteiger partial charge in [-0.25, -0.2) is 9.18 Å². The summed E-state index contributed by atoms with van der Waals surface area (Å²) in [6, 6.07) is 12.1. The summed E-state index contributed by atoms with van der Waals surface area (Å²) in [5, 5.41) is 2.79. The first-order valence-corrected chi connectivity index (χ1v) is 9.02. The third kappa shape index (κ3) is 4.36. The van der Waals surface area contributed by atoms with E-state index in [1.54, 1.807) is 29.2 Å². The number of halogens is 1. The van der Waals surface area contributed by atoms with Crippen molar-refractivity contribution in [2.24, 2.45) is 5.92 Å². The molecule has 0 atom stereocenters. The zero-order chi connectivity index (χ0) is 20.1. The number of nitrogens with zero attached hydrogens (tertiary/aromatic N) is 1. The number of anilines is 1. The summed E-state index contributed by atoms with van der Waals surface area (Å²) in [7, 11) is 1.29. The number of amides is 2. The van der Waals surface area contributed by atoms with Crippen LogP contribution < -0.4 is 5.32 Å². The van der Waals surface area contributed by atoms with Crippen molar-refractivity contribution in [3.8, 4) is 0 Å². The van der Waals surface area contributed by atoms with E-state index in [4.69, 9.17) is 4.74 Å². The Morgan fingerprint density at radius 2 is 1.68 bits per heavy atom. The number of likely N-dealkylation sites (tertiary alicyclic amines) is 1. The number of esters is 1. The zero-order valence-electron chi connectivity index (χ0n) is 15.5. The van der Waals surface area contributed by atoms with Crippen molar-refractivity contribution < 1.29 is 23.5 Å². The third-order valence-corrected chi connectivity index (χ3v) is 4.83. The van der Waals surface area contributed by atoms with Crippen LogP contribution in [0.5, 0.6) is 0 Å². The molecular formula is C21H21FN2O4. The van der Waals surface area contributed by atoms with Gasteiger partial charge in [-0.2, -0.15) is 0 Å². The average molecular weight is 384 g/mol. The van der Waals surface area contributed by atoms with Crippen LogP contribution in [0.25, 0.3) is 0 Å². The molecule has 1 fully saturated rings. The molecule has 0 bridgehead atoms. The second kappa shape index (κ2) is 8.65. The number of carbonyl (C=O) groups is 3. The molecule has 1 aliphatic rings. The summed E-state index contributed by atoms with van der Waals surface area (Å²) in [6.07, 6.45) is 1.03. The summed E-state index contributed by atoms with van der Waals surface area (Å²) in [4.78, 5) is 38.6. The minimum atomic E-state index is -0.518. The van der Waals surface area contributed by atoms with Crippen molar-refractivity contribution >= 4 is 23.5 Å². The van der Waals surface area contributed by atoms with E-state index in [1.807, 2.05) is 0 Å². The van der Waals surface area contributed by atoms with Crippen LogP contribution in [-0.2, 0) is 9.53 Å². The van der Waals surface area contributed by atoms with Gasteiger partial charge < -0.3 is 15.0 Å². The summed E-state index contributed by atoms with van der Waals surface area (Å²) in [5.74, 6) is -1.53. The Morgan fingerprint density at radius 3 is 2.32 bits per heavy atom. The van der Waals surface area contributed by atoms with Crippen LogP contribution in [0.4, 0.5) is 10.1 Å². The summed E-state index contributed by atoms with van der Waals surface area (Å²) in [5.41, 5.74) is 1.13. The van der Waals surface area contributed by atoms with Gasteiger partial charge in [0.25, 0.3) is 5.91 Å². The Kier molecular flexibility index (Phi) is 6.03. The quantitative estimate of drug-likeness (QED) is 0.822. The maximum Gasteiger partial charge on any atom is 0.339 e. The largest absolute Gasteiger partial charge is 0.465 e. The molecular weight excluding hydrogens is 363 g/mol. The molecule has 1 N–H and O–H groups in total. The Balaban J connectivity index is 1.59. The number of piperidine rings is 1. The van der Waals surface area contributed by atoms with Gasteiger partial charge >= 0.3 is 5.97 Å². The predicted octanol–water partition coefficient (Wildman–Crippen LogP) is 3.10. The van der Waals surface area contributed by atoms with Gasteiger partial charge in [-0.05, 0) is 49.2 Å². The highest BCUT2D eigenvalue weighted by molar-refractivity contribution is 6.02. The molecule has 2 aromatic carbocycles. The maximum atomic E-state index is 13.0. The van der Waals surface area contributed by atoms with E-state index in [0.29, 0.717) is 42.7 Å². The Hall–Kier alpha value is -3.22. The highest BCUT2D eigenvalue weighted by Gasteiger charge is 2.28. The van der Waals surface area contributed by atoms with Crippen molar-refractivity contribution in [1.82, 2.24) is 4.90 Å². The zero-order valence-corrected chi connectivity index (χ0v) is 15.5. The number of hydrogen-bond acceptors (Lipinski definition) is 4. The molecule has 3 rings (SSSR count). The summed E-state index contributed by atoms with van der Waals surface area (Å²) >= 11 is 0. The van der Waals surface area contributed by atoms with E-state index in [0.717, 1.165) is 0 Å². The first kappa shape index (κ1) is 19.5. The molecule has 146 valence electrons. The SMILES string of the molecule is COC(=O)c1ccccc1NC(=O)C1CCN(C(=O)c2ccc(F)cc2)CC1. The average Bonchev–Trinajstić information content (AvgIpc) is 2.73. The molecule has 6 nitrogen and oxygen atoms in total.